The molecule has 0 saturated heterocycles. The van der Waals surface area contributed by atoms with E-state index in [-0.39, 0.29) is 37.6 Å². The van der Waals surface area contributed by atoms with Gasteiger partial charge in [0.2, 0.25) is 11.9 Å². The number of aryl methyl sites for hydroxylation is 2. The first-order chi connectivity index (χ1) is 31.3. The molecule has 0 radical (unpaired) electrons. The minimum Gasteiger partial charge on any atom is -0.368 e. The van der Waals surface area contributed by atoms with Crippen molar-refractivity contribution in [1.82, 2.24) is 49.8 Å². The summed E-state index contributed by atoms with van der Waals surface area (Å²) in [6.07, 6.45) is 14.4. The van der Waals surface area contributed by atoms with E-state index in [2.05, 4.69) is 78.7 Å². The average molecular weight is 859 g/mol. The zero-order valence-electron chi connectivity index (χ0n) is 34.8. The Balaban J connectivity index is 1.25. The van der Waals surface area contributed by atoms with Crippen LogP contribution in [0.3, 0.4) is 0 Å². The molecule has 0 saturated carbocycles. The maximum Gasteiger partial charge on any atom is 0.287 e. The lowest BCUT2D eigenvalue weighted by Crippen LogP contribution is -2.49. The largest absolute Gasteiger partial charge is 0.368 e. The first-order valence-electron chi connectivity index (χ1n) is 20.4. The van der Waals surface area contributed by atoms with Gasteiger partial charge in [0.15, 0.2) is 0 Å². The molecule has 0 aliphatic rings. The SMILES string of the molecule is CCc1ccc(-c2nc(N(CCNc3ccc([N+](=O)[O-])cn3)N(CCNc3ccc([N+](=O)[O-])cn3)c3ncc(-c4ncc[nH]4)c(-c4ccc(CC)cc4)n3)ncc2-c2ncc[nH]2)cc1. The van der Waals surface area contributed by atoms with Crippen molar-refractivity contribution in [2.24, 2.45) is 0 Å². The van der Waals surface area contributed by atoms with Crippen LogP contribution in [0.25, 0.3) is 45.3 Å². The van der Waals surface area contributed by atoms with E-state index in [1.807, 2.05) is 34.3 Å². The minimum atomic E-state index is -0.503. The van der Waals surface area contributed by atoms with Gasteiger partial charge >= 0.3 is 0 Å². The number of H-pyrrole nitrogens is 2. The highest BCUT2D eigenvalue weighted by Crippen LogP contribution is 2.33. The fourth-order valence-corrected chi connectivity index (χ4v) is 6.84. The Morgan fingerprint density at radius 2 is 0.969 bits per heavy atom. The molecular weight excluding hydrogens is 817 g/mol. The second-order valence-corrected chi connectivity index (χ2v) is 14.3. The number of anilines is 4. The Hall–Kier alpha value is -8.68. The third-order valence-corrected chi connectivity index (χ3v) is 10.3. The fourth-order valence-electron chi connectivity index (χ4n) is 6.84. The van der Waals surface area contributed by atoms with Gasteiger partial charge in [-0.2, -0.15) is 0 Å². The van der Waals surface area contributed by atoms with Gasteiger partial charge in [-0.1, -0.05) is 62.4 Å². The van der Waals surface area contributed by atoms with Crippen LogP contribution in [-0.4, -0.2) is 85.9 Å². The van der Waals surface area contributed by atoms with Crippen LogP contribution in [-0.2, 0) is 12.8 Å². The van der Waals surface area contributed by atoms with Crippen molar-refractivity contribution in [1.29, 1.82) is 0 Å². The number of rotatable bonds is 19. The van der Waals surface area contributed by atoms with Crippen LogP contribution in [0.5, 0.6) is 0 Å². The van der Waals surface area contributed by atoms with Crippen LogP contribution in [0.4, 0.5) is 34.9 Å². The Labute approximate surface area is 366 Å². The fraction of sp³-hybridized carbons (Fsp3) is 0.182. The Kier molecular flexibility index (Phi) is 12.7. The van der Waals surface area contributed by atoms with Gasteiger partial charge < -0.3 is 20.6 Å². The Bertz CT molecular complexity index is 2610. The van der Waals surface area contributed by atoms with Gasteiger partial charge in [0, 0.05) is 73.5 Å². The van der Waals surface area contributed by atoms with Gasteiger partial charge in [0.25, 0.3) is 11.4 Å². The molecule has 4 N–H and O–H groups in total. The predicted molar refractivity (Wildman–Crippen MR) is 242 cm³/mol. The number of pyridine rings is 2. The summed E-state index contributed by atoms with van der Waals surface area (Å²) in [6, 6.07) is 22.2. The molecule has 6 heterocycles. The van der Waals surface area contributed by atoms with Crippen molar-refractivity contribution in [3.05, 3.63) is 154 Å². The number of nitrogens with zero attached hydrogens (tertiary/aromatic N) is 12. The molecule has 0 fully saturated rings. The summed E-state index contributed by atoms with van der Waals surface area (Å²) in [4.78, 5) is 66.0. The van der Waals surface area contributed by atoms with Crippen LogP contribution in [0.15, 0.2) is 122 Å². The number of benzene rings is 2. The van der Waals surface area contributed by atoms with Crippen molar-refractivity contribution in [2.45, 2.75) is 26.7 Å². The second-order valence-electron chi connectivity index (χ2n) is 14.3. The quantitative estimate of drug-likeness (QED) is 0.0452. The number of aromatic amines is 2. The molecule has 0 amide bonds. The summed E-state index contributed by atoms with van der Waals surface area (Å²) < 4.78 is 0. The van der Waals surface area contributed by atoms with Crippen LogP contribution < -0.4 is 20.7 Å². The standard InChI is InChI=1S/C44H42N16O4/c1-3-29-5-9-31(10-6-29)39-35(41-47-17-18-48-41)27-53-43(55-39)57(23-21-45-37-15-13-33(25-51-37)59(61)62)58(24-22-46-38-16-14-34(26-52-38)60(63)64)44-54-28-36(42-49-19-20-50-42)40(56-44)32-11-7-30(4-2)8-12-32/h5-20,25-28H,3-4,21-24H2,1-2H3,(H,45,51)(H,46,52)(H,47,48)(H,49,50). The summed E-state index contributed by atoms with van der Waals surface area (Å²) in [6.45, 7) is 5.15. The van der Waals surface area contributed by atoms with E-state index in [0.717, 1.165) is 24.0 Å². The lowest BCUT2D eigenvalue weighted by molar-refractivity contribution is -0.385. The van der Waals surface area contributed by atoms with Crippen LogP contribution in [0.2, 0.25) is 0 Å². The monoisotopic (exact) mass is 858 g/mol. The molecule has 0 aliphatic heterocycles. The minimum absolute atomic E-state index is 0.131. The third kappa shape index (κ3) is 9.60. The van der Waals surface area contributed by atoms with Crippen molar-refractivity contribution in [3.63, 3.8) is 0 Å². The van der Waals surface area contributed by atoms with E-state index < -0.39 is 9.85 Å². The van der Waals surface area contributed by atoms with Crippen LogP contribution in [0, 0.1) is 20.2 Å². The van der Waals surface area contributed by atoms with Gasteiger partial charge in [0.1, 0.15) is 35.7 Å². The number of imidazole rings is 2. The van der Waals surface area contributed by atoms with Gasteiger partial charge in [0.05, 0.1) is 45.5 Å². The van der Waals surface area contributed by atoms with Gasteiger partial charge in [-0.3, -0.25) is 20.2 Å². The first kappa shape index (κ1) is 42.0. The molecule has 8 aromatic rings. The smallest absolute Gasteiger partial charge is 0.287 e. The van der Waals surface area contributed by atoms with E-state index in [1.54, 1.807) is 49.3 Å². The normalized spacial score (nSPS) is 11.0. The topological polar surface area (TPSA) is 252 Å². The molecule has 0 aliphatic carbocycles. The zero-order chi connectivity index (χ0) is 44.4. The second kappa shape index (κ2) is 19.4. The summed E-state index contributed by atoms with van der Waals surface area (Å²) in [5.41, 5.74) is 6.36. The average Bonchev–Trinajstić information content (AvgIpc) is 4.09. The van der Waals surface area contributed by atoms with Crippen LogP contribution >= 0.6 is 0 Å². The predicted octanol–water partition coefficient (Wildman–Crippen LogP) is 7.56. The zero-order valence-corrected chi connectivity index (χ0v) is 34.8. The number of nitrogens with one attached hydrogen (secondary N) is 4. The van der Waals surface area contributed by atoms with E-state index >= 15 is 0 Å². The molecular formula is C44H42N16O4. The molecule has 0 spiro atoms. The summed E-state index contributed by atoms with van der Waals surface area (Å²) in [5, 5.41) is 33.0. The molecule has 20 nitrogen and oxygen atoms in total. The maximum atomic E-state index is 11.4. The highest BCUT2D eigenvalue weighted by Gasteiger charge is 2.26. The van der Waals surface area contributed by atoms with E-state index in [4.69, 9.17) is 19.9 Å². The van der Waals surface area contributed by atoms with Gasteiger partial charge in [-0.15, -0.1) is 0 Å². The number of hydrazine groups is 1. The maximum absolute atomic E-state index is 11.4. The molecule has 20 heteroatoms. The highest BCUT2D eigenvalue weighted by molar-refractivity contribution is 5.79. The van der Waals surface area contributed by atoms with Gasteiger partial charge in [-0.05, 0) is 36.1 Å². The lowest BCUT2D eigenvalue weighted by Gasteiger charge is -2.35. The molecule has 2 aromatic carbocycles. The summed E-state index contributed by atoms with van der Waals surface area (Å²) in [5.74, 6) is 2.61. The molecule has 322 valence electrons. The molecule has 0 atom stereocenters. The van der Waals surface area contributed by atoms with Gasteiger partial charge in [-0.25, -0.2) is 49.9 Å². The summed E-state index contributed by atoms with van der Waals surface area (Å²) >= 11 is 0. The van der Waals surface area contributed by atoms with Crippen molar-refractivity contribution >= 4 is 34.9 Å². The van der Waals surface area contributed by atoms with Crippen LogP contribution in [0.1, 0.15) is 25.0 Å². The summed E-state index contributed by atoms with van der Waals surface area (Å²) in [7, 11) is 0. The molecule has 8 rings (SSSR count). The first-order valence-corrected chi connectivity index (χ1v) is 20.4. The number of aromatic nitrogens is 10. The van der Waals surface area contributed by atoms with E-state index in [1.165, 1.54) is 35.7 Å². The van der Waals surface area contributed by atoms with Crippen molar-refractivity contribution in [3.8, 4) is 45.3 Å². The third-order valence-electron chi connectivity index (χ3n) is 10.3. The molecule has 0 bridgehead atoms. The van der Waals surface area contributed by atoms with E-state index in [0.29, 0.717) is 57.7 Å². The molecule has 64 heavy (non-hydrogen) atoms. The van der Waals surface area contributed by atoms with E-state index in [9.17, 15) is 20.2 Å². The van der Waals surface area contributed by atoms with Crippen molar-refractivity contribution in [2.75, 3.05) is 46.8 Å². The van der Waals surface area contributed by atoms with Crippen molar-refractivity contribution < 1.29 is 9.85 Å². The Morgan fingerprint density at radius 1 is 0.547 bits per heavy atom. The number of hydrogen-bond donors (Lipinski definition) is 4. The number of hydrogen-bond acceptors (Lipinski definition) is 16. The Morgan fingerprint density at radius 3 is 1.30 bits per heavy atom. The number of nitro groups is 2. The highest BCUT2D eigenvalue weighted by atomic mass is 16.6. The molecule has 0 unspecified atom stereocenters. The molecule has 6 aromatic heterocycles. The lowest BCUT2D eigenvalue weighted by atomic mass is 10.0.